The molecule has 3 rings (SSSR count). The zero-order valence-corrected chi connectivity index (χ0v) is 17.0. The highest BCUT2D eigenvalue weighted by molar-refractivity contribution is 7.89. The largest absolute Gasteiger partial charge is 0.426 e. The number of ketones is 1. The molecule has 0 aromatic heterocycles. The van der Waals surface area contributed by atoms with E-state index in [4.69, 9.17) is 4.74 Å². The number of nitrogens with zero attached hydrogens (tertiary/aromatic N) is 2. The first-order valence-corrected chi connectivity index (χ1v) is 10.7. The van der Waals surface area contributed by atoms with Crippen molar-refractivity contribution in [3.8, 4) is 5.75 Å². The van der Waals surface area contributed by atoms with E-state index < -0.39 is 26.8 Å². The molecule has 0 radical (unpaired) electrons. The van der Waals surface area contributed by atoms with Gasteiger partial charge in [-0.1, -0.05) is 12.1 Å². The molecule has 1 aliphatic rings. The number of carbonyl (C=O) groups is 2. The van der Waals surface area contributed by atoms with Crippen LogP contribution in [0, 0.1) is 16.0 Å². The van der Waals surface area contributed by atoms with E-state index in [-0.39, 0.29) is 48.0 Å². The Hall–Kier alpha value is -3.11. The molecule has 1 saturated heterocycles. The molecule has 10 heteroatoms. The van der Waals surface area contributed by atoms with Crippen molar-refractivity contribution < 1.29 is 27.7 Å². The SMILES string of the molecule is CC(=O)c1cccc(S(=O)(=O)N2CCC(C(=O)Oc3ccc([N+](=O)[O-])cc3)CC2)c1. The van der Waals surface area contributed by atoms with E-state index in [1.54, 1.807) is 6.07 Å². The van der Waals surface area contributed by atoms with E-state index in [9.17, 15) is 28.1 Å². The topological polar surface area (TPSA) is 124 Å². The summed E-state index contributed by atoms with van der Waals surface area (Å²) in [4.78, 5) is 34.1. The number of benzene rings is 2. The number of nitro groups is 1. The van der Waals surface area contributed by atoms with Crippen LogP contribution in [-0.4, -0.2) is 42.5 Å². The van der Waals surface area contributed by atoms with Crippen LogP contribution in [0.3, 0.4) is 0 Å². The molecule has 0 saturated carbocycles. The zero-order valence-electron chi connectivity index (χ0n) is 16.2. The number of piperidine rings is 1. The quantitative estimate of drug-likeness (QED) is 0.226. The average molecular weight is 432 g/mol. The summed E-state index contributed by atoms with van der Waals surface area (Å²) in [6, 6.07) is 11.1. The minimum atomic E-state index is -3.77. The molecule has 158 valence electrons. The fraction of sp³-hybridized carbons (Fsp3) is 0.300. The number of ether oxygens (including phenoxy) is 1. The minimum Gasteiger partial charge on any atom is -0.426 e. The van der Waals surface area contributed by atoms with E-state index in [0.29, 0.717) is 5.56 Å². The highest BCUT2D eigenvalue weighted by Crippen LogP contribution is 2.26. The molecular weight excluding hydrogens is 412 g/mol. The van der Waals surface area contributed by atoms with Crippen molar-refractivity contribution in [2.45, 2.75) is 24.7 Å². The van der Waals surface area contributed by atoms with Crippen molar-refractivity contribution in [2.24, 2.45) is 5.92 Å². The van der Waals surface area contributed by atoms with Crippen molar-refractivity contribution in [3.63, 3.8) is 0 Å². The number of non-ortho nitro benzene ring substituents is 1. The third kappa shape index (κ3) is 4.71. The van der Waals surface area contributed by atoms with Gasteiger partial charge in [-0.2, -0.15) is 4.31 Å². The summed E-state index contributed by atoms with van der Waals surface area (Å²) in [6.45, 7) is 1.66. The monoisotopic (exact) mass is 432 g/mol. The van der Waals surface area contributed by atoms with Gasteiger partial charge in [0.15, 0.2) is 5.78 Å². The molecule has 1 aliphatic heterocycles. The van der Waals surface area contributed by atoms with Gasteiger partial charge in [0.1, 0.15) is 5.75 Å². The number of Topliss-reactive ketones (excluding diaryl/α,β-unsaturated/α-hetero) is 1. The number of nitro benzene ring substituents is 1. The summed E-state index contributed by atoms with van der Waals surface area (Å²) in [5.41, 5.74) is 0.208. The third-order valence-electron chi connectivity index (χ3n) is 4.93. The molecular formula is C20H20N2O7S. The maximum atomic E-state index is 12.9. The fourth-order valence-electron chi connectivity index (χ4n) is 3.19. The van der Waals surface area contributed by atoms with E-state index in [1.165, 1.54) is 53.7 Å². The summed E-state index contributed by atoms with van der Waals surface area (Å²) in [7, 11) is -3.77. The van der Waals surface area contributed by atoms with Gasteiger partial charge in [0.2, 0.25) is 10.0 Å². The lowest BCUT2D eigenvalue weighted by atomic mass is 9.98. The molecule has 9 nitrogen and oxygen atoms in total. The lowest BCUT2D eigenvalue weighted by Gasteiger charge is -2.30. The number of sulfonamides is 1. The minimum absolute atomic E-state index is 0.0436. The second-order valence-corrected chi connectivity index (χ2v) is 8.87. The molecule has 1 fully saturated rings. The Bertz CT molecular complexity index is 1070. The van der Waals surface area contributed by atoms with E-state index in [2.05, 4.69) is 0 Å². The van der Waals surface area contributed by atoms with Crippen LogP contribution in [0.4, 0.5) is 5.69 Å². The Kier molecular flexibility index (Phi) is 6.28. The molecule has 0 unspecified atom stereocenters. The number of esters is 1. The van der Waals surface area contributed by atoms with Crippen LogP contribution >= 0.6 is 0 Å². The Labute approximate surface area is 173 Å². The Morgan fingerprint density at radius 2 is 1.73 bits per heavy atom. The molecule has 0 amide bonds. The van der Waals surface area contributed by atoms with Crippen molar-refractivity contribution >= 4 is 27.5 Å². The van der Waals surface area contributed by atoms with Crippen molar-refractivity contribution in [1.29, 1.82) is 0 Å². The van der Waals surface area contributed by atoms with Gasteiger partial charge >= 0.3 is 5.97 Å². The molecule has 0 aliphatic carbocycles. The number of hydrogen-bond acceptors (Lipinski definition) is 7. The standard InChI is InChI=1S/C20H20N2O7S/c1-14(23)16-3-2-4-19(13-16)30(27,28)21-11-9-15(10-12-21)20(24)29-18-7-5-17(6-8-18)22(25)26/h2-8,13,15H,9-12H2,1H3. The summed E-state index contributed by atoms with van der Waals surface area (Å²) in [5.74, 6) is -1.00. The van der Waals surface area contributed by atoms with Crippen molar-refractivity contribution in [1.82, 2.24) is 4.31 Å². The van der Waals surface area contributed by atoms with Crippen LogP contribution in [-0.2, 0) is 14.8 Å². The van der Waals surface area contributed by atoms with Gasteiger partial charge in [-0.05, 0) is 44.0 Å². The van der Waals surface area contributed by atoms with Gasteiger partial charge in [-0.25, -0.2) is 8.42 Å². The zero-order chi connectivity index (χ0) is 21.9. The first kappa shape index (κ1) is 21.6. The molecule has 2 aromatic rings. The maximum absolute atomic E-state index is 12.9. The average Bonchev–Trinajstić information content (AvgIpc) is 2.74. The lowest BCUT2D eigenvalue weighted by Crippen LogP contribution is -2.41. The van der Waals surface area contributed by atoms with Gasteiger partial charge < -0.3 is 4.74 Å². The van der Waals surface area contributed by atoms with Crippen LogP contribution in [0.1, 0.15) is 30.1 Å². The molecule has 1 heterocycles. The molecule has 2 aromatic carbocycles. The molecule has 0 spiro atoms. The van der Waals surface area contributed by atoms with Crippen LogP contribution in [0.2, 0.25) is 0 Å². The fourth-order valence-corrected chi connectivity index (χ4v) is 4.71. The molecule has 0 bridgehead atoms. The van der Waals surface area contributed by atoms with Crippen LogP contribution in [0.15, 0.2) is 53.4 Å². The van der Waals surface area contributed by atoms with Gasteiger partial charge in [0, 0.05) is 30.8 Å². The number of rotatable bonds is 6. The molecule has 0 atom stereocenters. The maximum Gasteiger partial charge on any atom is 0.314 e. The van der Waals surface area contributed by atoms with Gasteiger partial charge in [-0.15, -0.1) is 0 Å². The summed E-state index contributed by atoms with van der Waals surface area (Å²) in [6.07, 6.45) is 0.578. The van der Waals surface area contributed by atoms with E-state index in [1.807, 2.05) is 0 Å². The van der Waals surface area contributed by atoms with E-state index >= 15 is 0 Å². The second-order valence-electron chi connectivity index (χ2n) is 6.93. The normalized spacial score (nSPS) is 15.5. The Morgan fingerprint density at radius 1 is 1.10 bits per heavy atom. The van der Waals surface area contributed by atoms with Crippen LogP contribution < -0.4 is 4.74 Å². The number of hydrogen-bond donors (Lipinski definition) is 0. The number of carbonyl (C=O) groups excluding carboxylic acids is 2. The summed E-state index contributed by atoms with van der Waals surface area (Å²) in [5, 5.41) is 10.7. The molecule has 30 heavy (non-hydrogen) atoms. The van der Waals surface area contributed by atoms with Gasteiger partial charge in [-0.3, -0.25) is 19.7 Å². The van der Waals surface area contributed by atoms with E-state index in [0.717, 1.165) is 0 Å². The predicted molar refractivity (Wildman–Crippen MR) is 107 cm³/mol. The Morgan fingerprint density at radius 3 is 2.30 bits per heavy atom. The van der Waals surface area contributed by atoms with Gasteiger partial charge in [0.05, 0.1) is 15.7 Å². The smallest absolute Gasteiger partial charge is 0.314 e. The van der Waals surface area contributed by atoms with Crippen LogP contribution in [0.25, 0.3) is 0 Å². The Balaban J connectivity index is 1.62. The first-order valence-electron chi connectivity index (χ1n) is 9.26. The highest BCUT2D eigenvalue weighted by atomic mass is 32.2. The molecule has 0 N–H and O–H groups in total. The summed E-state index contributed by atoms with van der Waals surface area (Å²) >= 11 is 0. The predicted octanol–water partition coefficient (Wildman–Crippen LogP) is 2.80. The van der Waals surface area contributed by atoms with Crippen molar-refractivity contribution in [2.75, 3.05) is 13.1 Å². The van der Waals surface area contributed by atoms with Crippen LogP contribution in [0.5, 0.6) is 5.75 Å². The van der Waals surface area contributed by atoms with Gasteiger partial charge in [0.25, 0.3) is 5.69 Å². The second kappa shape index (κ2) is 8.72. The third-order valence-corrected chi connectivity index (χ3v) is 6.83. The lowest BCUT2D eigenvalue weighted by molar-refractivity contribution is -0.384. The summed E-state index contributed by atoms with van der Waals surface area (Å²) < 4.78 is 32.3. The highest BCUT2D eigenvalue weighted by Gasteiger charge is 2.33. The van der Waals surface area contributed by atoms with Crippen molar-refractivity contribution in [3.05, 3.63) is 64.2 Å². The first-order chi connectivity index (χ1) is 14.2.